The summed E-state index contributed by atoms with van der Waals surface area (Å²) in [6.07, 6.45) is -1.68. The van der Waals surface area contributed by atoms with Gasteiger partial charge in [0.15, 0.2) is 0 Å². The Bertz CT molecular complexity index is 417. The van der Waals surface area contributed by atoms with Gasteiger partial charge < -0.3 is 10.2 Å². The van der Waals surface area contributed by atoms with Crippen LogP contribution in [-0.2, 0) is 19.7 Å². The number of carboxylic acid groups (broad SMARTS) is 2. The molecule has 0 radical (unpaired) electrons. The van der Waals surface area contributed by atoms with Gasteiger partial charge >= 0.3 is 11.9 Å². The number of rotatable bonds is 5. The van der Waals surface area contributed by atoms with Crippen LogP contribution in [0.5, 0.6) is 0 Å². The van der Waals surface area contributed by atoms with Crippen LogP contribution in [-0.4, -0.2) is 39.9 Å². The van der Waals surface area contributed by atoms with Gasteiger partial charge in [0.25, 0.3) is 10.1 Å². The molecule has 0 fully saturated rings. The Kier molecular flexibility index (Phi) is 4.30. The van der Waals surface area contributed by atoms with Gasteiger partial charge in [-0.3, -0.25) is 14.1 Å². The van der Waals surface area contributed by atoms with Gasteiger partial charge in [-0.05, 0) is 11.8 Å². The SMILES string of the molecule is CC(C)(C)CC(CC(=O)O)(C(=O)O)S(=O)(=O)O. The molecule has 0 aliphatic carbocycles. The minimum absolute atomic E-state index is 0.500. The molecule has 100 valence electrons. The molecule has 0 aromatic carbocycles. The van der Waals surface area contributed by atoms with Crippen LogP contribution in [0.4, 0.5) is 0 Å². The molecule has 8 heteroatoms. The van der Waals surface area contributed by atoms with Gasteiger partial charge in [-0.15, -0.1) is 0 Å². The van der Waals surface area contributed by atoms with E-state index < -0.39 is 45.1 Å². The fourth-order valence-electron chi connectivity index (χ4n) is 1.61. The molecule has 0 bridgehead atoms. The maximum absolute atomic E-state index is 11.2. The zero-order chi connectivity index (χ0) is 14.1. The molecule has 0 aromatic heterocycles. The molecule has 1 unspecified atom stereocenters. The van der Waals surface area contributed by atoms with Crippen molar-refractivity contribution in [3.63, 3.8) is 0 Å². The Morgan fingerprint density at radius 2 is 1.53 bits per heavy atom. The molecule has 1 atom stereocenters. The van der Waals surface area contributed by atoms with Crippen LogP contribution in [0.15, 0.2) is 0 Å². The second kappa shape index (κ2) is 4.61. The summed E-state index contributed by atoms with van der Waals surface area (Å²) in [5.41, 5.74) is -0.774. The van der Waals surface area contributed by atoms with Gasteiger partial charge in [0.05, 0.1) is 6.42 Å². The minimum atomic E-state index is -5.03. The highest BCUT2D eigenvalue weighted by Gasteiger charge is 2.54. The van der Waals surface area contributed by atoms with Crippen LogP contribution in [0, 0.1) is 5.41 Å². The molecule has 17 heavy (non-hydrogen) atoms. The lowest BCUT2D eigenvalue weighted by molar-refractivity contribution is -0.147. The topological polar surface area (TPSA) is 129 Å². The summed E-state index contributed by atoms with van der Waals surface area (Å²) in [6, 6.07) is 0. The van der Waals surface area contributed by atoms with Crippen LogP contribution < -0.4 is 0 Å². The molecule has 0 saturated heterocycles. The van der Waals surface area contributed by atoms with Gasteiger partial charge in [-0.25, -0.2) is 0 Å². The molecule has 0 heterocycles. The van der Waals surface area contributed by atoms with Crippen molar-refractivity contribution < 1.29 is 32.8 Å². The van der Waals surface area contributed by atoms with E-state index in [1.807, 2.05) is 0 Å². The fourth-order valence-corrected chi connectivity index (χ4v) is 2.75. The fraction of sp³-hybridized carbons (Fsp3) is 0.778. The molecule has 0 aliphatic rings. The van der Waals surface area contributed by atoms with Crippen LogP contribution in [0.2, 0.25) is 0 Å². The molecule has 7 nitrogen and oxygen atoms in total. The highest BCUT2D eigenvalue weighted by molar-refractivity contribution is 7.88. The van der Waals surface area contributed by atoms with Crippen molar-refractivity contribution >= 4 is 22.1 Å². The van der Waals surface area contributed by atoms with Gasteiger partial charge in [0, 0.05) is 0 Å². The average molecular weight is 268 g/mol. The van der Waals surface area contributed by atoms with E-state index in [1.54, 1.807) is 20.8 Å². The maximum atomic E-state index is 11.2. The first kappa shape index (κ1) is 15.9. The normalized spacial score (nSPS) is 16.2. The largest absolute Gasteiger partial charge is 0.481 e. The first-order chi connectivity index (χ1) is 7.32. The van der Waals surface area contributed by atoms with Crippen LogP contribution in [0.1, 0.15) is 33.6 Å². The molecule has 0 amide bonds. The summed E-state index contributed by atoms with van der Waals surface area (Å²) in [5, 5.41) is 17.6. The Balaban J connectivity index is 5.76. The van der Waals surface area contributed by atoms with Crippen LogP contribution in [0.25, 0.3) is 0 Å². The summed E-state index contributed by atoms with van der Waals surface area (Å²) in [6.45, 7) is 4.66. The molecular weight excluding hydrogens is 252 g/mol. The van der Waals surface area contributed by atoms with Crippen molar-refractivity contribution in [3.8, 4) is 0 Å². The first-order valence-electron chi connectivity index (χ1n) is 4.74. The van der Waals surface area contributed by atoms with E-state index in [9.17, 15) is 18.0 Å². The summed E-state index contributed by atoms with van der Waals surface area (Å²) >= 11 is 0. The van der Waals surface area contributed by atoms with Gasteiger partial charge in [0.2, 0.25) is 4.75 Å². The highest BCUT2D eigenvalue weighted by Crippen LogP contribution is 2.35. The number of carboxylic acids is 2. The maximum Gasteiger partial charge on any atom is 0.328 e. The summed E-state index contributed by atoms with van der Waals surface area (Å²) in [7, 11) is -5.03. The van der Waals surface area contributed by atoms with Crippen molar-refractivity contribution in [2.75, 3.05) is 0 Å². The average Bonchev–Trinajstić information content (AvgIpc) is 1.96. The van der Waals surface area contributed by atoms with Gasteiger partial charge in [0.1, 0.15) is 0 Å². The van der Waals surface area contributed by atoms with Gasteiger partial charge in [-0.1, -0.05) is 20.8 Å². The predicted molar refractivity (Wildman–Crippen MR) is 58.2 cm³/mol. The van der Waals surface area contributed by atoms with E-state index in [0.29, 0.717) is 0 Å². The molecule has 0 aliphatic heterocycles. The molecule has 0 rings (SSSR count). The standard InChI is InChI=1S/C9H16O7S/c1-8(2,3)5-9(7(12)13,4-6(10)11)17(14,15)16/h4-5H2,1-3H3,(H,10,11)(H,12,13)(H,14,15,16). The molecular formula is C9H16O7S. The lowest BCUT2D eigenvalue weighted by Gasteiger charge is -2.31. The quantitative estimate of drug-likeness (QED) is 0.623. The third-order valence-electron chi connectivity index (χ3n) is 2.14. The van der Waals surface area contributed by atoms with Gasteiger partial charge in [-0.2, -0.15) is 8.42 Å². The lowest BCUT2D eigenvalue weighted by Crippen LogP contribution is -2.50. The van der Waals surface area contributed by atoms with Crippen LogP contribution in [0.3, 0.4) is 0 Å². The minimum Gasteiger partial charge on any atom is -0.481 e. The van der Waals surface area contributed by atoms with E-state index in [4.69, 9.17) is 14.8 Å². The third-order valence-corrected chi connectivity index (χ3v) is 3.59. The van der Waals surface area contributed by atoms with E-state index >= 15 is 0 Å². The Morgan fingerprint density at radius 1 is 1.12 bits per heavy atom. The molecule has 0 aromatic rings. The van der Waals surface area contributed by atoms with Crippen molar-refractivity contribution in [1.82, 2.24) is 0 Å². The monoisotopic (exact) mass is 268 g/mol. The Morgan fingerprint density at radius 3 is 1.71 bits per heavy atom. The lowest BCUT2D eigenvalue weighted by atomic mass is 9.82. The Hall–Kier alpha value is -1.15. The number of hydrogen-bond acceptors (Lipinski definition) is 4. The number of carbonyl (C=O) groups is 2. The van der Waals surface area contributed by atoms with Crippen LogP contribution >= 0.6 is 0 Å². The van der Waals surface area contributed by atoms with Crippen molar-refractivity contribution in [2.45, 2.75) is 38.4 Å². The van der Waals surface area contributed by atoms with E-state index in [1.165, 1.54) is 0 Å². The highest BCUT2D eigenvalue weighted by atomic mass is 32.2. The summed E-state index contributed by atoms with van der Waals surface area (Å²) in [5.74, 6) is -3.47. The Labute approximate surface area is 99.2 Å². The molecule has 0 saturated carbocycles. The van der Waals surface area contributed by atoms with E-state index in [2.05, 4.69) is 0 Å². The summed E-state index contributed by atoms with van der Waals surface area (Å²) in [4.78, 5) is 21.7. The van der Waals surface area contributed by atoms with E-state index in [-0.39, 0.29) is 0 Å². The smallest absolute Gasteiger partial charge is 0.328 e. The second-order valence-electron chi connectivity index (χ2n) is 5.08. The third kappa shape index (κ3) is 3.97. The molecule has 0 spiro atoms. The number of aliphatic carboxylic acids is 2. The first-order valence-corrected chi connectivity index (χ1v) is 6.18. The van der Waals surface area contributed by atoms with E-state index in [0.717, 1.165) is 0 Å². The zero-order valence-electron chi connectivity index (χ0n) is 9.80. The second-order valence-corrected chi connectivity index (χ2v) is 6.81. The predicted octanol–water partition coefficient (Wildman–Crippen LogP) is 0.609. The zero-order valence-corrected chi connectivity index (χ0v) is 10.6. The molecule has 3 N–H and O–H groups in total. The summed E-state index contributed by atoms with van der Waals surface area (Å²) < 4.78 is 28.8. The van der Waals surface area contributed by atoms with Crippen molar-refractivity contribution in [2.24, 2.45) is 5.41 Å². The van der Waals surface area contributed by atoms with Crippen molar-refractivity contribution in [3.05, 3.63) is 0 Å². The number of hydrogen-bond donors (Lipinski definition) is 3. The van der Waals surface area contributed by atoms with Crippen molar-refractivity contribution in [1.29, 1.82) is 0 Å².